The second kappa shape index (κ2) is 17.7. The van der Waals surface area contributed by atoms with Gasteiger partial charge in [-0.3, -0.25) is 28.8 Å². The normalized spacial score (nSPS) is 14.1. The SMILES string of the molecule is CC[C@H](C)CC(=O)N[C@@H](CS)C(=O)NCC(=O)N[C@@H](CCCCN)C(=O)N[C@@H](CC(N)=O)C(C)=O. The Morgan fingerprint density at radius 1 is 0.857 bits per heavy atom. The van der Waals surface area contributed by atoms with Crippen LogP contribution in [-0.2, 0) is 28.8 Å². The van der Waals surface area contributed by atoms with Crippen molar-refractivity contribution < 1.29 is 28.8 Å². The van der Waals surface area contributed by atoms with E-state index in [1.807, 2.05) is 13.8 Å². The predicted molar refractivity (Wildman–Crippen MR) is 134 cm³/mol. The summed E-state index contributed by atoms with van der Waals surface area (Å²) in [6, 6.07) is -3.04. The highest BCUT2D eigenvalue weighted by atomic mass is 32.1. The van der Waals surface area contributed by atoms with Crippen LogP contribution in [0.15, 0.2) is 0 Å². The van der Waals surface area contributed by atoms with Crippen molar-refractivity contribution in [3.8, 4) is 0 Å². The Morgan fingerprint density at radius 2 is 1.49 bits per heavy atom. The summed E-state index contributed by atoms with van der Waals surface area (Å²) in [5.41, 5.74) is 10.6. The Morgan fingerprint density at radius 3 is 2.00 bits per heavy atom. The van der Waals surface area contributed by atoms with Crippen LogP contribution in [-0.4, -0.2) is 72.3 Å². The van der Waals surface area contributed by atoms with E-state index in [0.29, 0.717) is 19.4 Å². The van der Waals surface area contributed by atoms with Crippen LogP contribution in [0.25, 0.3) is 0 Å². The number of carbonyl (C=O) groups excluding carboxylic acids is 6. The fraction of sp³-hybridized carbons (Fsp3) is 0.727. The van der Waals surface area contributed by atoms with Crippen molar-refractivity contribution in [1.82, 2.24) is 21.3 Å². The van der Waals surface area contributed by atoms with E-state index in [-0.39, 0.29) is 36.8 Å². The van der Waals surface area contributed by atoms with Crippen LogP contribution in [0.5, 0.6) is 0 Å². The number of unbranched alkanes of at least 4 members (excludes halogenated alkanes) is 1. The number of rotatable bonds is 18. The molecule has 0 rings (SSSR count). The molecule has 0 radical (unpaired) electrons. The quantitative estimate of drug-likeness (QED) is 0.0849. The van der Waals surface area contributed by atoms with Gasteiger partial charge in [0.25, 0.3) is 0 Å². The first-order valence-corrected chi connectivity index (χ1v) is 12.3. The molecule has 0 saturated carbocycles. The molecule has 0 fully saturated rings. The third-order valence-electron chi connectivity index (χ3n) is 5.30. The highest BCUT2D eigenvalue weighted by Gasteiger charge is 2.26. The Labute approximate surface area is 211 Å². The first-order chi connectivity index (χ1) is 16.4. The first kappa shape index (κ1) is 32.3. The largest absolute Gasteiger partial charge is 0.370 e. The van der Waals surface area contributed by atoms with Gasteiger partial charge in [0.1, 0.15) is 12.1 Å². The lowest BCUT2D eigenvalue weighted by Gasteiger charge is -2.22. The number of nitrogens with two attached hydrogens (primary N) is 2. The Kier molecular flexibility index (Phi) is 16.4. The molecule has 0 spiro atoms. The summed E-state index contributed by atoms with van der Waals surface area (Å²) >= 11 is 4.09. The number of hydrogen-bond donors (Lipinski definition) is 7. The first-order valence-electron chi connectivity index (χ1n) is 11.7. The molecule has 4 atom stereocenters. The minimum absolute atomic E-state index is 0.0378. The molecular formula is C22H40N6O6S. The monoisotopic (exact) mass is 516 g/mol. The van der Waals surface area contributed by atoms with Gasteiger partial charge in [0, 0.05) is 12.2 Å². The molecule has 0 bridgehead atoms. The highest BCUT2D eigenvalue weighted by molar-refractivity contribution is 7.80. The zero-order valence-electron chi connectivity index (χ0n) is 20.7. The molecule has 5 amide bonds. The molecule has 0 aromatic rings. The van der Waals surface area contributed by atoms with Gasteiger partial charge in [-0.2, -0.15) is 12.6 Å². The van der Waals surface area contributed by atoms with Gasteiger partial charge in [0.05, 0.1) is 19.0 Å². The molecule has 0 unspecified atom stereocenters. The van der Waals surface area contributed by atoms with Crippen LogP contribution in [0.3, 0.4) is 0 Å². The molecule has 0 aliphatic rings. The molecule has 0 saturated heterocycles. The second-order valence-corrected chi connectivity index (χ2v) is 8.85. The second-order valence-electron chi connectivity index (χ2n) is 8.48. The van der Waals surface area contributed by atoms with E-state index in [9.17, 15) is 28.8 Å². The number of Topliss-reactive ketones (excluding diaryl/α,β-unsaturated/α-hetero) is 1. The smallest absolute Gasteiger partial charge is 0.243 e. The van der Waals surface area contributed by atoms with Crippen LogP contribution >= 0.6 is 12.6 Å². The molecule has 0 aromatic heterocycles. The van der Waals surface area contributed by atoms with E-state index in [4.69, 9.17) is 11.5 Å². The molecular weight excluding hydrogens is 476 g/mol. The van der Waals surface area contributed by atoms with Gasteiger partial charge in [0.15, 0.2) is 5.78 Å². The van der Waals surface area contributed by atoms with Crippen molar-refractivity contribution >= 4 is 47.9 Å². The van der Waals surface area contributed by atoms with Gasteiger partial charge in [-0.05, 0) is 38.6 Å². The Balaban J connectivity index is 5.01. The number of ketones is 1. The van der Waals surface area contributed by atoms with Crippen LogP contribution in [0.4, 0.5) is 0 Å². The van der Waals surface area contributed by atoms with Gasteiger partial charge >= 0.3 is 0 Å². The van der Waals surface area contributed by atoms with E-state index < -0.39 is 54.1 Å². The van der Waals surface area contributed by atoms with Crippen LogP contribution in [0.2, 0.25) is 0 Å². The lowest BCUT2D eigenvalue weighted by molar-refractivity contribution is -0.133. The van der Waals surface area contributed by atoms with Crippen LogP contribution in [0.1, 0.15) is 59.3 Å². The van der Waals surface area contributed by atoms with E-state index >= 15 is 0 Å². The van der Waals surface area contributed by atoms with Crippen molar-refractivity contribution in [3.63, 3.8) is 0 Å². The maximum atomic E-state index is 12.7. The maximum absolute atomic E-state index is 12.7. The van der Waals surface area contributed by atoms with Crippen molar-refractivity contribution in [2.24, 2.45) is 17.4 Å². The third kappa shape index (κ3) is 14.4. The molecule has 35 heavy (non-hydrogen) atoms. The van der Waals surface area contributed by atoms with E-state index in [1.54, 1.807) is 0 Å². The lowest BCUT2D eigenvalue weighted by atomic mass is 10.0. The summed E-state index contributed by atoms with van der Waals surface area (Å²) in [6.45, 7) is 5.05. The predicted octanol–water partition coefficient (Wildman–Crippen LogP) is -1.48. The standard InChI is InChI=1S/C22H40N6O6S/c1-4-13(2)9-19(31)27-17(12-35)21(33)25-11-20(32)26-15(7-5-6-8-23)22(34)28-16(14(3)29)10-18(24)30/h13,15-17,35H,4-12,23H2,1-3H3,(H2,24,30)(H,25,33)(H,26,32)(H,27,31)(H,28,34)/t13-,15-,16-,17-/m0/s1. The Bertz CT molecular complexity index is 750. The minimum Gasteiger partial charge on any atom is -0.370 e. The van der Waals surface area contributed by atoms with E-state index in [1.165, 1.54) is 6.92 Å². The van der Waals surface area contributed by atoms with Crippen molar-refractivity contribution in [2.45, 2.75) is 77.4 Å². The molecule has 200 valence electrons. The van der Waals surface area contributed by atoms with Crippen molar-refractivity contribution in [1.29, 1.82) is 0 Å². The number of thiol groups is 1. The summed E-state index contributed by atoms with van der Waals surface area (Å²) in [6.07, 6.45) is 2.08. The van der Waals surface area contributed by atoms with Crippen molar-refractivity contribution in [2.75, 3.05) is 18.8 Å². The van der Waals surface area contributed by atoms with Gasteiger partial charge in [0.2, 0.25) is 29.5 Å². The number of carbonyl (C=O) groups is 6. The fourth-order valence-corrected chi connectivity index (χ4v) is 3.23. The molecule has 0 aliphatic heterocycles. The Hall–Kier alpha value is -2.67. The molecule has 0 aromatic carbocycles. The molecule has 12 nitrogen and oxygen atoms in total. The van der Waals surface area contributed by atoms with E-state index in [0.717, 1.165) is 6.42 Å². The van der Waals surface area contributed by atoms with Gasteiger partial charge in [-0.25, -0.2) is 0 Å². The number of primary amides is 1. The zero-order valence-corrected chi connectivity index (χ0v) is 21.6. The summed E-state index contributed by atoms with van der Waals surface area (Å²) in [5.74, 6) is -3.19. The maximum Gasteiger partial charge on any atom is 0.243 e. The third-order valence-corrected chi connectivity index (χ3v) is 5.66. The summed E-state index contributed by atoms with van der Waals surface area (Å²) in [5, 5.41) is 9.97. The molecule has 0 heterocycles. The summed E-state index contributed by atoms with van der Waals surface area (Å²) in [4.78, 5) is 72.5. The molecule has 13 heteroatoms. The minimum atomic E-state index is -1.11. The summed E-state index contributed by atoms with van der Waals surface area (Å²) in [7, 11) is 0. The van der Waals surface area contributed by atoms with Crippen LogP contribution < -0.4 is 32.7 Å². The number of amides is 5. The lowest BCUT2D eigenvalue weighted by Crippen LogP contribution is -2.54. The number of hydrogen-bond acceptors (Lipinski definition) is 8. The average molecular weight is 517 g/mol. The van der Waals surface area contributed by atoms with E-state index in [2.05, 4.69) is 33.9 Å². The van der Waals surface area contributed by atoms with Crippen molar-refractivity contribution in [3.05, 3.63) is 0 Å². The fourth-order valence-electron chi connectivity index (χ4n) is 2.98. The highest BCUT2D eigenvalue weighted by Crippen LogP contribution is 2.06. The molecule has 0 aliphatic carbocycles. The number of nitrogens with one attached hydrogen (secondary N) is 4. The van der Waals surface area contributed by atoms with Crippen LogP contribution in [0, 0.1) is 5.92 Å². The zero-order chi connectivity index (χ0) is 27.0. The summed E-state index contributed by atoms with van der Waals surface area (Å²) < 4.78 is 0. The average Bonchev–Trinajstić information content (AvgIpc) is 2.79. The van der Waals surface area contributed by atoms with Gasteiger partial charge < -0.3 is 32.7 Å². The van der Waals surface area contributed by atoms with Gasteiger partial charge in [-0.1, -0.05) is 20.3 Å². The molecule has 8 N–H and O–H groups in total. The van der Waals surface area contributed by atoms with Gasteiger partial charge in [-0.15, -0.1) is 0 Å². The topological polar surface area (TPSA) is 203 Å².